The van der Waals surface area contributed by atoms with Crippen LogP contribution in [0.1, 0.15) is 48.0 Å². The van der Waals surface area contributed by atoms with Gasteiger partial charge in [-0.15, -0.1) is 0 Å². The Morgan fingerprint density at radius 1 is 1.24 bits per heavy atom. The van der Waals surface area contributed by atoms with E-state index in [0.29, 0.717) is 6.42 Å². The molecule has 1 heterocycles. The summed E-state index contributed by atoms with van der Waals surface area (Å²) >= 11 is 0. The van der Waals surface area contributed by atoms with Crippen LogP contribution in [0.5, 0.6) is 5.75 Å². The Kier molecular flexibility index (Phi) is 6.07. The van der Waals surface area contributed by atoms with Crippen LogP contribution in [0.25, 0.3) is 0 Å². The van der Waals surface area contributed by atoms with E-state index in [4.69, 9.17) is 9.26 Å². The summed E-state index contributed by atoms with van der Waals surface area (Å²) in [7, 11) is 1.63. The van der Waals surface area contributed by atoms with Crippen molar-refractivity contribution in [1.82, 2.24) is 15.8 Å². The number of carbonyl (C=O) groups is 1. The largest absolute Gasteiger partial charge is 0.496 e. The van der Waals surface area contributed by atoms with Gasteiger partial charge in [0.2, 0.25) is 0 Å². The summed E-state index contributed by atoms with van der Waals surface area (Å²) in [4.78, 5) is 12.3. The van der Waals surface area contributed by atoms with Crippen LogP contribution >= 0.6 is 0 Å². The van der Waals surface area contributed by atoms with E-state index in [1.165, 1.54) is 0 Å². The lowest BCUT2D eigenvalue weighted by molar-refractivity contribution is 0.234. The van der Waals surface area contributed by atoms with Crippen LogP contribution in [-0.2, 0) is 6.42 Å². The van der Waals surface area contributed by atoms with Gasteiger partial charge in [-0.2, -0.15) is 0 Å². The van der Waals surface area contributed by atoms with Crippen molar-refractivity contribution in [3.63, 3.8) is 0 Å². The Bertz CT molecular complexity index is 720. The third-order valence-corrected chi connectivity index (χ3v) is 4.27. The molecule has 6 heteroatoms. The van der Waals surface area contributed by atoms with Gasteiger partial charge in [-0.1, -0.05) is 22.9 Å². The number of methoxy groups -OCH3 is 1. The highest BCUT2D eigenvalue weighted by atomic mass is 16.5. The molecule has 0 bridgehead atoms. The van der Waals surface area contributed by atoms with Crippen molar-refractivity contribution in [2.45, 2.75) is 53.1 Å². The number of ether oxygens (including phenoxy) is 1. The second-order valence-corrected chi connectivity index (χ2v) is 6.49. The van der Waals surface area contributed by atoms with Crippen LogP contribution < -0.4 is 15.4 Å². The Labute approximate surface area is 148 Å². The molecule has 2 aromatic rings. The third-order valence-electron chi connectivity index (χ3n) is 4.27. The fourth-order valence-electron chi connectivity index (χ4n) is 2.88. The molecule has 0 aliphatic rings. The van der Waals surface area contributed by atoms with Gasteiger partial charge in [0.05, 0.1) is 18.8 Å². The molecule has 0 saturated carbocycles. The lowest BCUT2D eigenvalue weighted by atomic mass is 10.0. The molecule has 25 heavy (non-hydrogen) atoms. The Morgan fingerprint density at radius 3 is 2.56 bits per heavy atom. The van der Waals surface area contributed by atoms with Crippen LogP contribution in [0.2, 0.25) is 0 Å². The second kappa shape index (κ2) is 8.05. The molecule has 6 nitrogen and oxygen atoms in total. The molecular formula is C19H27N3O3. The van der Waals surface area contributed by atoms with E-state index in [-0.39, 0.29) is 18.1 Å². The lowest BCUT2D eigenvalue weighted by Crippen LogP contribution is -2.42. The van der Waals surface area contributed by atoms with E-state index in [1.54, 1.807) is 7.11 Å². The highest BCUT2D eigenvalue weighted by molar-refractivity contribution is 5.75. The number of urea groups is 1. The van der Waals surface area contributed by atoms with Gasteiger partial charge in [-0.05, 0) is 47.1 Å². The maximum absolute atomic E-state index is 12.3. The van der Waals surface area contributed by atoms with Crippen LogP contribution in [-0.4, -0.2) is 24.3 Å². The van der Waals surface area contributed by atoms with E-state index in [9.17, 15) is 4.79 Å². The number of amides is 2. The highest BCUT2D eigenvalue weighted by Gasteiger charge is 2.17. The van der Waals surface area contributed by atoms with Crippen molar-refractivity contribution < 1.29 is 14.1 Å². The zero-order valence-corrected chi connectivity index (χ0v) is 15.8. The Hall–Kier alpha value is -2.50. The third kappa shape index (κ3) is 4.75. The minimum atomic E-state index is -0.213. The number of aryl methyl sites for hydroxylation is 3. The first-order valence-corrected chi connectivity index (χ1v) is 8.45. The van der Waals surface area contributed by atoms with Gasteiger partial charge in [-0.3, -0.25) is 0 Å². The fraction of sp³-hybridized carbons (Fsp3) is 0.474. The van der Waals surface area contributed by atoms with Crippen molar-refractivity contribution in [1.29, 1.82) is 0 Å². The van der Waals surface area contributed by atoms with Gasteiger partial charge in [0, 0.05) is 17.2 Å². The maximum Gasteiger partial charge on any atom is 0.315 e. The van der Waals surface area contributed by atoms with Gasteiger partial charge in [0.25, 0.3) is 0 Å². The average molecular weight is 345 g/mol. The summed E-state index contributed by atoms with van der Waals surface area (Å²) in [5.41, 5.74) is 3.98. The first-order valence-electron chi connectivity index (χ1n) is 8.45. The van der Waals surface area contributed by atoms with Crippen molar-refractivity contribution >= 4 is 6.03 Å². The van der Waals surface area contributed by atoms with Crippen molar-refractivity contribution in [2.75, 3.05) is 7.11 Å². The van der Waals surface area contributed by atoms with E-state index in [1.807, 2.05) is 52.8 Å². The predicted octanol–water partition coefficient (Wildman–Crippen LogP) is 3.60. The van der Waals surface area contributed by atoms with E-state index in [0.717, 1.165) is 33.9 Å². The van der Waals surface area contributed by atoms with E-state index >= 15 is 0 Å². The zero-order valence-electron chi connectivity index (χ0n) is 15.8. The van der Waals surface area contributed by atoms with Gasteiger partial charge in [0.15, 0.2) is 0 Å². The summed E-state index contributed by atoms with van der Waals surface area (Å²) in [6.07, 6.45) is 0.677. The van der Waals surface area contributed by atoms with Crippen LogP contribution in [0.4, 0.5) is 4.79 Å². The molecule has 1 aromatic carbocycles. The zero-order chi connectivity index (χ0) is 18.6. The molecule has 136 valence electrons. The van der Waals surface area contributed by atoms with E-state index in [2.05, 4.69) is 15.8 Å². The first kappa shape index (κ1) is 18.8. The van der Waals surface area contributed by atoms with E-state index < -0.39 is 0 Å². The standard InChI is InChI=1S/C19H27N3O3/c1-11-7-8-18(24-6)17(9-11)13(3)21-19(23)20-12(2)10-16-14(4)22-25-15(16)5/h7-9,12-13H,10H2,1-6H3,(H2,20,21,23). The molecule has 0 saturated heterocycles. The number of hydrogen-bond donors (Lipinski definition) is 2. The molecule has 2 unspecified atom stereocenters. The van der Waals surface area contributed by atoms with Gasteiger partial charge in [0.1, 0.15) is 11.5 Å². The summed E-state index contributed by atoms with van der Waals surface area (Å²) in [5, 5.41) is 9.88. The first-order chi connectivity index (χ1) is 11.8. The molecular weight excluding hydrogens is 318 g/mol. The smallest absolute Gasteiger partial charge is 0.315 e. The summed E-state index contributed by atoms with van der Waals surface area (Å²) in [5.74, 6) is 1.56. The van der Waals surface area contributed by atoms with Crippen molar-refractivity contribution in [2.24, 2.45) is 0 Å². The summed E-state index contributed by atoms with van der Waals surface area (Å²) in [6.45, 7) is 9.71. The molecule has 0 aliphatic heterocycles. The Balaban J connectivity index is 1.96. The number of hydrogen-bond acceptors (Lipinski definition) is 4. The summed E-state index contributed by atoms with van der Waals surface area (Å²) < 4.78 is 10.6. The monoisotopic (exact) mass is 345 g/mol. The maximum atomic E-state index is 12.3. The fourth-order valence-corrected chi connectivity index (χ4v) is 2.88. The molecule has 2 rings (SSSR count). The van der Waals surface area contributed by atoms with Crippen LogP contribution in [0, 0.1) is 20.8 Å². The SMILES string of the molecule is COc1ccc(C)cc1C(C)NC(=O)NC(C)Cc1c(C)noc1C. The number of benzene rings is 1. The molecule has 0 spiro atoms. The predicted molar refractivity (Wildman–Crippen MR) is 97.0 cm³/mol. The molecule has 0 fully saturated rings. The minimum absolute atomic E-state index is 0.0385. The Morgan fingerprint density at radius 2 is 1.96 bits per heavy atom. The highest BCUT2D eigenvalue weighted by Crippen LogP contribution is 2.26. The number of carbonyl (C=O) groups excluding carboxylic acids is 1. The number of aromatic nitrogens is 1. The molecule has 2 amide bonds. The second-order valence-electron chi connectivity index (χ2n) is 6.49. The quantitative estimate of drug-likeness (QED) is 0.839. The average Bonchev–Trinajstić information content (AvgIpc) is 2.86. The number of rotatable bonds is 6. The summed E-state index contributed by atoms with van der Waals surface area (Å²) in [6, 6.07) is 5.51. The molecule has 2 N–H and O–H groups in total. The minimum Gasteiger partial charge on any atom is -0.496 e. The van der Waals surface area contributed by atoms with Gasteiger partial charge in [-0.25, -0.2) is 4.79 Å². The van der Waals surface area contributed by atoms with Crippen LogP contribution in [0.15, 0.2) is 22.7 Å². The molecule has 2 atom stereocenters. The van der Waals surface area contributed by atoms with Gasteiger partial charge >= 0.3 is 6.03 Å². The number of nitrogens with one attached hydrogen (secondary N) is 2. The molecule has 1 aromatic heterocycles. The molecule has 0 aliphatic carbocycles. The van der Waals surface area contributed by atoms with Gasteiger partial charge < -0.3 is 19.9 Å². The molecule has 0 radical (unpaired) electrons. The van der Waals surface area contributed by atoms with Crippen molar-refractivity contribution in [3.8, 4) is 5.75 Å². The number of nitrogens with zero attached hydrogens (tertiary/aromatic N) is 1. The lowest BCUT2D eigenvalue weighted by Gasteiger charge is -2.20. The normalized spacial score (nSPS) is 13.2. The van der Waals surface area contributed by atoms with Crippen molar-refractivity contribution in [3.05, 3.63) is 46.3 Å². The van der Waals surface area contributed by atoms with Crippen LogP contribution in [0.3, 0.4) is 0 Å². The topological polar surface area (TPSA) is 76.4 Å².